The molecule has 1 saturated carbocycles. The van der Waals surface area contributed by atoms with E-state index in [1.54, 1.807) is 13.8 Å². The first kappa shape index (κ1) is 11.6. The van der Waals surface area contributed by atoms with Crippen molar-refractivity contribution in [2.24, 2.45) is 17.3 Å². The summed E-state index contributed by atoms with van der Waals surface area (Å²) in [5.74, 6) is -1.97. The molecule has 0 aromatic carbocycles. The van der Waals surface area contributed by atoms with Crippen LogP contribution < -0.4 is 5.32 Å². The molecule has 17 heavy (non-hydrogen) atoms. The molecule has 0 aliphatic heterocycles. The molecule has 1 heterocycles. The summed E-state index contributed by atoms with van der Waals surface area (Å²) in [6.45, 7) is 3.68. The average Bonchev–Trinajstić information content (AvgIpc) is 2.65. The van der Waals surface area contributed by atoms with E-state index in [1.807, 2.05) is 0 Å². The Morgan fingerprint density at radius 2 is 2.24 bits per heavy atom. The van der Waals surface area contributed by atoms with Gasteiger partial charge in [0.15, 0.2) is 5.82 Å². The normalized spacial score (nSPS) is 25.3. The zero-order chi connectivity index (χ0) is 12.6. The Balaban J connectivity index is 1.92. The minimum absolute atomic E-state index is 0.147. The molecule has 1 aromatic heterocycles. The summed E-state index contributed by atoms with van der Waals surface area (Å²) in [6.07, 6.45) is 1.17. The van der Waals surface area contributed by atoms with E-state index in [0.717, 1.165) is 0 Å². The van der Waals surface area contributed by atoms with Gasteiger partial charge in [-0.15, -0.1) is 0 Å². The van der Waals surface area contributed by atoms with E-state index in [9.17, 15) is 9.59 Å². The lowest BCUT2D eigenvalue weighted by atomic mass is 10.1. The van der Waals surface area contributed by atoms with Gasteiger partial charge in [0, 0.05) is 0 Å². The van der Waals surface area contributed by atoms with Crippen molar-refractivity contribution in [1.29, 1.82) is 0 Å². The molecular formula is C10H13N3O4. The van der Waals surface area contributed by atoms with Crippen molar-refractivity contribution in [2.45, 2.75) is 20.4 Å². The second kappa shape index (κ2) is 3.83. The number of hydrogen-bond acceptors (Lipinski definition) is 5. The molecule has 1 amide bonds. The quantitative estimate of drug-likeness (QED) is 0.768. The van der Waals surface area contributed by atoms with E-state index in [2.05, 4.69) is 20.0 Å². The number of amides is 1. The Labute approximate surface area is 97.2 Å². The van der Waals surface area contributed by atoms with Crippen LogP contribution in [-0.4, -0.2) is 27.1 Å². The smallest absolute Gasteiger partial charge is 0.307 e. The van der Waals surface area contributed by atoms with Gasteiger partial charge in [-0.3, -0.25) is 9.59 Å². The van der Waals surface area contributed by atoms with E-state index in [0.29, 0.717) is 5.82 Å². The number of rotatable bonds is 4. The first-order valence-electron chi connectivity index (χ1n) is 5.20. The third-order valence-corrected chi connectivity index (χ3v) is 3.20. The summed E-state index contributed by atoms with van der Waals surface area (Å²) in [6, 6.07) is 0. The predicted octanol–water partition coefficient (Wildman–Crippen LogP) is 0.0426. The van der Waals surface area contributed by atoms with Crippen molar-refractivity contribution in [3.8, 4) is 0 Å². The molecule has 7 nitrogen and oxygen atoms in total. The van der Waals surface area contributed by atoms with E-state index in [4.69, 9.17) is 5.11 Å². The third kappa shape index (κ3) is 2.00. The van der Waals surface area contributed by atoms with Crippen LogP contribution in [0, 0.1) is 17.3 Å². The second-order valence-electron chi connectivity index (χ2n) is 4.68. The van der Waals surface area contributed by atoms with Gasteiger partial charge in [0.05, 0.1) is 18.4 Å². The highest BCUT2D eigenvalue weighted by Crippen LogP contribution is 2.58. The largest absolute Gasteiger partial charge is 0.481 e. The molecule has 1 aliphatic rings. The number of aliphatic carboxylic acids is 1. The first-order chi connectivity index (χ1) is 7.94. The van der Waals surface area contributed by atoms with Gasteiger partial charge in [0.2, 0.25) is 12.3 Å². The van der Waals surface area contributed by atoms with Crippen LogP contribution in [0.15, 0.2) is 10.9 Å². The van der Waals surface area contributed by atoms with Crippen LogP contribution in [0.5, 0.6) is 0 Å². The molecule has 2 N–H and O–H groups in total. The number of carbonyl (C=O) groups excluding carboxylic acids is 1. The standard InChI is InChI=1S/C10H13N3O4/c1-10(2)6(7(10)9(15)16)8(14)11-3-5-12-4-17-13-5/h4,6-7H,3H2,1-2H3,(H,11,14)(H,15,16)/t6-,7+/m1/s1. The summed E-state index contributed by atoms with van der Waals surface area (Å²) in [7, 11) is 0. The molecule has 0 spiro atoms. The van der Waals surface area contributed by atoms with Crippen molar-refractivity contribution in [1.82, 2.24) is 15.5 Å². The highest BCUT2D eigenvalue weighted by molar-refractivity contribution is 5.91. The third-order valence-electron chi connectivity index (χ3n) is 3.20. The zero-order valence-electron chi connectivity index (χ0n) is 9.51. The van der Waals surface area contributed by atoms with Crippen molar-refractivity contribution >= 4 is 11.9 Å². The lowest BCUT2D eigenvalue weighted by molar-refractivity contribution is -0.140. The molecule has 2 atom stereocenters. The molecule has 92 valence electrons. The van der Waals surface area contributed by atoms with Gasteiger partial charge in [-0.2, -0.15) is 4.98 Å². The number of carbonyl (C=O) groups is 2. The van der Waals surface area contributed by atoms with E-state index in [1.165, 1.54) is 6.39 Å². The highest BCUT2D eigenvalue weighted by atomic mass is 16.5. The van der Waals surface area contributed by atoms with Gasteiger partial charge in [-0.1, -0.05) is 19.0 Å². The van der Waals surface area contributed by atoms with Crippen LogP contribution in [0.25, 0.3) is 0 Å². The first-order valence-corrected chi connectivity index (χ1v) is 5.20. The van der Waals surface area contributed by atoms with Gasteiger partial charge in [-0.05, 0) is 5.41 Å². The molecular weight excluding hydrogens is 226 g/mol. The molecule has 0 unspecified atom stereocenters. The molecule has 0 bridgehead atoms. The molecule has 1 aromatic rings. The maximum atomic E-state index is 11.8. The van der Waals surface area contributed by atoms with Gasteiger partial charge in [-0.25, -0.2) is 0 Å². The summed E-state index contributed by atoms with van der Waals surface area (Å²) in [5, 5.41) is 15.1. The molecule has 7 heteroatoms. The SMILES string of the molecule is CC1(C)[C@H](C(=O)O)[C@@H]1C(=O)NCc1ncon1. The van der Waals surface area contributed by atoms with Crippen LogP contribution in [-0.2, 0) is 16.1 Å². The molecule has 1 aliphatic carbocycles. The van der Waals surface area contributed by atoms with Crippen molar-refractivity contribution in [3.05, 3.63) is 12.2 Å². The monoisotopic (exact) mass is 239 g/mol. The van der Waals surface area contributed by atoms with Gasteiger partial charge < -0.3 is 14.9 Å². The number of nitrogens with zero attached hydrogens (tertiary/aromatic N) is 2. The minimum atomic E-state index is -0.935. The summed E-state index contributed by atoms with van der Waals surface area (Å²) in [5.41, 5.74) is -0.493. The Morgan fingerprint density at radius 3 is 2.71 bits per heavy atom. The fraction of sp³-hybridized carbons (Fsp3) is 0.600. The van der Waals surface area contributed by atoms with Crippen LogP contribution in [0.2, 0.25) is 0 Å². The topological polar surface area (TPSA) is 105 Å². The van der Waals surface area contributed by atoms with E-state index < -0.39 is 23.2 Å². The Morgan fingerprint density at radius 1 is 1.53 bits per heavy atom. The fourth-order valence-electron chi connectivity index (χ4n) is 2.13. The van der Waals surface area contributed by atoms with Crippen molar-refractivity contribution in [3.63, 3.8) is 0 Å². The summed E-state index contributed by atoms with van der Waals surface area (Å²) < 4.78 is 4.52. The van der Waals surface area contributed by atoms with E-state index in [-0.39, 0.29) is 12.5 Å². The molecule has 1 fully saturated rings. The van der Waals surface area contributed by atoms with Gasteiger partial charge in [0.1, 0.15) is 0 Å². The van der Waals surface area contributed by atoms with Gasteiger partial charge >= 0.3 is 5.97 Å². The lowest BCUT2D eigenvalue weighted by Gasteiger charge is -2.02. The number of hydrogen-bond donors (Lipinski definition) is 2. The maximum absolute atomic E-state index is 11.8. The second-order valence-corrected chi connectivity index (χ2v) is 4.68. The fourth-order valence-corrected chi connectivity index (χ4v) is 2.13. The predicted molar refractivity (Wildman–Crippen MR) is 54.5 cm³/mol. The minimum Gasteiger partial charge on any atom is -0.481 e. The maximum Gasteiger partial charge on any atom is 0.307 e. The van der Waals surface area contributed by atoms with Crippen LogP contribution in [0.3, 0.4) is 0 Å². The van der Waals surface area contributed by atoms with Crippen molar-refractivity contribution in [2.75, 3.05) is 0 Å². The summed E-state index contributed by atoms with van der Waals surface area (Å²) >= 11 is 0. The van der Waals surface area contributed by atoms with Crippen LogP contribution in [0.4, 0.5) is 0 Å². The number of aromatic nitrogens is 2. The number of nitrogens with one attached hydrogen (secondary N) is 1. The molecule has 0 saturated heterocycles. The zero-order valence-corrected chi connectivity index (χ0v) is 9.51. The van der Waals surface area contributed by atoms with Gasteiger partial charge in [0.25, 0.3) is 0 Å². The molecule has 2 rings (SSSR count). The van der Waals surface area contributed by atoms with Crippen LogP contribution in [0.1, 0.15) is 19.7 Å². The summed E-state index contributed by atoms with van der Waals surface area (Å²) in [4.78, 5) is 26.4. The number of carboxylic acid groups (broad SMARTS) is 1. The Hall–Kier alpha value is -1.92. The molecule has 0 radical (unpaired) electrons. The average molecular weight is 239 g/mol. The Kier molecular flexibility index (Phi) is 2.60. The Bertz CT molecular complexity index is 440. The van der Waals surface area contributed by atoms with Crippen LogP contribution >= 0.6 is 0 Å². The highest BCUT2D eigenvalue weighted by Gasteiger charge is 2.65. The van der Waals surface area contributed by atoms with Crippen molar-refractivity contribution < 1.29 is 19.2 Å². The number of carboxylic acids is 1. The lowest BCUT2D eigenvalue weighted by Crippen LogP contribution is -2.27. The van der Waals surface area contributed by atoms with E-state index >= 15 is 0 Å².